The molecule has 0 spiro atoms. The molecule has 6 fully saturated rings. The molecular weight excluding hydrogens is 1170 g/mol. The van der Waals surface area contributed by atoms with E-state index in [1.54, 1.807) is 41.5 Å². The van der Waals surface area contributed by atoms with Crippen molar-refractivity contribution < 1.29 is 110 Å². The van der Waals surface area contributed by atoms with Crippen molar-refractivity contribution in [3.63, 3.8) is 0 Å². The van der Waals surface area contributed by atoms with Crippen LogP contribution in [0.15, 0.2) is 115 Å². The summed E-state index contributed by atoms with van der Waals surface area (Å²) in [6.45, 7) is 11.3. The first kappa shape index (κ1) is 74.7. The summed E-state index contributed by atoms with van der Waals surface area (Å²) in [4.78, 5) is 23.2. The monoisotopic (exact) mass is 1260 g/mol. The number of fused-ring (bicyclic) bond motifs is 3. The summed E-state index contributed by atoms with van der Waals surface area (Å²) in [7, 11) is 8.98. The predicted octanol–water partition coefficient (Wildman–Crippen LogP) is 7.97. The normalized spacial score (nSPS) is 36.1. The van der Waals surface area contributed by atoms with Gasteiger partial charge in [-0.15, -0.1) is 0 Å². The number of benzene rings is 4. The fraction of sp³-hybridized carbons (Fsp3) is 0.609. The molecule has 25 nitrogen and oxygen atoms in total. The van der Waals surface area contributed by atoms with Crippen LogP contribution in [0, 0.1) is 10.1 Å². The highest BCUT2D eigenvalue weighted by atomic mass is 16.9. The molecule has 4 aromatic rings. The molecule has 4 aromatic carbocycles. The smallest absolute Gasteiger partial charge is 0.338 e. The van der Waals surface area contributed by atoms with Crippen LogP contribution in [-0.4, -0.2) is 192 Å². The number of hydrogen-bond donors (Lipinski definition) is 2. The molecule has 89 heavy (non-hydrogen) atoms. The second-order valence-electron chi connectivity index (χ2n) is 21.8. The van der Waals surface area contributed by atoms with Crippen molar-refractivity contribution >= 4 is 11.7 Å². The van der Waals surface area contributed by atoms with Crippen LogP contribution in [0.1, 0.15) is 90.9 Å². The molecule has 6 saturated heterocycles. The Hall–Kier alpha value is -5.05. The van der Waals surface area contributed by atoms with Gasteiger partial charge in [-0.3, -0.25) is 10.1 Å². The first-order valence-corrected chi connectivity index (χ1v) is 28.0. The van der Waals surface area contributed by atoms with E-state index in [-0.39, 0.29) is 60.0 Å². The van der Waals surface area contributed by atoms with Crippen LogP contribution in [0.5, 0.6) is 0 Å². The number of aliphatic hydroxyl groups excluding tert-OH is 2. The zero-order valence-corrected chi connectivity index (χ0v) is 50.5. The Kier molecular flexibility index (Phi) is 26.8. The van der Waals surface area contributed by atoms with E-state index in [4.69, 9.17) is 90.0 Å². The minimum atomic E-state index is -1.34. The van der Waals surface area contributed by atoms with Crippen molar-refractivity contribution in [2.45, 2.75) is 192 Å². The third-order valence-electron chi connectivity index (χ3n) is 16.5. The minimum absolute atomic E-state index is 0. The van der Waals surface area contributed by atoms with E-state index < -0.39 is 119 Å². The number of esters is 1. The van der Waals surface area contributed by atoms with Gasteiger partial charge in [-0.25, -0.2) is 4.79 Å². The molecule has 498 valence electrons. The first-order valence-electron chi connectivity index (χ1n) is 28.0. The molecule has 18 atom stereocenters. The van der Waals surface area contributed by atoms with Gasteiger partial charge in [0, 0.05) is 54.8 Å². The van der Waals surface area contributed by atoms with E-state index in [0.717, 1.165) is 16.7 Å². The van der Waals surface area contributed by atoms with Crippen molar-refractivity contribution in [3.05, 3.63) is 148 Å². The Labute approximate surface area is 522 Å². The fourth-order valence-electron chi connectivity index (χ4n) is 10.4. The van der Waals surface area contributed by atoms with Gasteiger partial charge in [0.1, 0.15) is 48.8 Å². The number of methoxy groups -OCH3 is 6. The maximum absolute atomic E-state index is 12.8. The lowest BCUT2D eigenvalue weighted by atomic mass is 9.98. The number of nitro groups is 1. The lowest BCUT2D eigenvalue weighted by molar-refractivity contribution is -0.479. The van der Waals surface area contributed by atoms with Crippen molar-refractivity contribution in [1.29, 1.82) is 0 Å². The van der Waals surface area contributed by atoms with Crippen LogP contribution in [0.3, 0.4) is 0 Å². The number of carbonyl (C=O) groups is 1. The maximum atomic E-state index is 12.8. The topological polar surface area (TPSA) is 276 Å². The molecule has 6 aliphatic rings. The van der Waals surface area contributed by atoms with Crippen LogP contribution in [0.25, 0.3) is 0 Å². The van der Waals surface area contributed by atoms with Crippen LogP contribution in [-0.2, 0) is 110 Å². The average molecular weight is 1260 g/mol. The van der Waals surface area contributed by atoms with Crippen molar-refractivity contribution in [2.24, 2.45) is 0 Å². The summed E-state index contributed by atoms with van der Waals surface area (Å²) < 4.78 is 111. The molecule has 0 saturated carbocycles. The molecule has 2 N–H and O–H groups in total. The molecule has 25 heteroatoms. The lowest BCUT2D eigenvalue weighted by Crippen LogP contribution is -2.71. The minimum Gasteiger partial charge on any atom is -0.453 e. The summed E-state index contributed by atoms with van der Waals surface area (Å²) in [5.74, 6) is -8.08. The van der Waals surface area contributed by atoms with Crippen LogP contribution < -0.4 is 0 Å². The van der Waals surface area contributed by atoms with Gasteiger partial charge in [0.15, 0.2) is 25.0 Å². The standard InChI is InChI=1S/C25H29NO10.2C18H26O7.3CH4/c1-24(30-3)25(2,31-4)36-21-20(35-24)19(15-33-23(21)32-14-16-8-6-5-7-9-16)34-22(27)17-10-12-18(13-11-17)26(28)29;2*1-17(20-3)18(2,21-4)25-15-14(24-17)13(19)11-23-16(15)22-10-12-8-6-5-7-9-12;;;/h5-13,19-21,23H,14-15H2,1-4H3;2*5-9,13-16,19H,10-11H2,1-4H3;3*1H4/t19-,20+,21-,23+,24-,25-;13-,14+,15-,16+,17-,18-;13-,14-,15+,16-,17+,18+;;;/m001.../s1. The molecule has 0 unspecified atom stereocenters. The van der Waals surface area contributed by atoms with Crippen molar-refractivity contribution in [2.75, 3.05) is 62.5 Å². The fourth-order valence-corrected chi connectivity index (χ4v) is 10.4. The summed E-state index contributed by atoms with van der Waals surface area (Å²) in [5.41, 5.74) is 2.98. The second-order valence-corrected chi connectivity index (χ2v) is 21.8. The molecule has 0 bridgehead atoms. The third-order valence-corrected chi connectivity index (χ3v) is 16.5. The Morgan fingerprint density at radius 1 is 0.449 bits per heavy atom. The van der Waals surface area contributed by atoms with E-state index in [2.05, 4.69) is 0 Å². The molecule has 6 heterocycles. The van der Waals surface area contributed by atoms with E-state index in [1.165, 1.54) is 66.9 Å². The highest BCUT2D eigenvalue weighted by Crippen LogP contribution is 2.46. The van der Waals surface area contributed by atoms with Gasteiger partial charge in [-0.05, 0) is 70.4 Å². The van der Waals surface area contributed by atoms with E-state index in [1.807, 2.05) is 91.0 Å². The van der Waals surface area contributed by atoms with Gasteiger partial charge in [-0.2, -0.15) is 0 Å². The molecule has 0 aliphatic carbocycles. The molecule has 6 aliphatic heterocycles. The highest BCUT2D eigenvalue weighted by molar-refractivity contribution is 5.89. The Bertz CT molecular complexity index is 2680. The Balaban J connectivity index is 0.000000245. The Morgan fingerprint density at radius 2 is 0.730 bits per heavy atom. The number of ether oxygens (including phenoxy) is 19. The highest BCUT2D eigenvalue weighted by Gasteiger charge is 2.64. The van der Waals surface area contributed by atoms with Gasteiger partial charge in [0.25, 0.3) is 5.69 Å². The number of rotatable bonds is 18. The molecule has 0 amide bonds. The zero-order chi connectivity index (χ0) is 62.1. The van der Waals surface area contributed by atoms with E-state index in [9.17, 15) is 25.1 Å². The number of non-ortho nitro benzene ring substituents is 1. The van der Waals surface area contributed by atoms with E-state index >= 15 is 0 Å². The molecule has 0 radical (unpaired) electrons. The summed E-state index contributed by atoms with van der Waals surface area (Å²) >= 11 is 0. The SMILES string of the molecule is C.C.C.CO[C@@]1(C)O[C@@H]2[C@H](OCc3ccccc3)OC[C@@H](O)[C@H]2O[C@]1(C)OC.CO[C@@]1(C)O[C@@H]2[C@H](OCc3ccccc3)OC[C@H](O)[C@H]2O[C@]1(C)OC.CO[C@@]1(C)O[C@@H]2[C@H](OCc3ccccc3)OC[C@H](OC(=O)c3ccc([N+](=O)[O-])cc3)[C@H]2O[C@]1(C)OC. The number of carbonyl (C=O) groups excluding carboxylic acids is 1. The van der Waals surface area contributed by atoms with Crippen LogP contribution in [0.2, 0.25) is 0 Å². The Morgan fingerprint density at radius 3 is 1.03 bits per heavy atom. The average Bonchev–Trinajstić information content (AvgIpc) is 1.17. The lowest BCUT2D eigenvalue weighted by Gasteiger charge is -2.55. The van der Waals surface area contributed by atoms with Crippen molar-refractivity contribution in [3.8, 4) is 0 Å². The summed E-state index contributed by atoms with van der Waals surface area (Å²) in [5, 5.41) is 31.5. The quantitative estimate of drug-likeness (QED) is 0.0543. The van der Waals surface area contributed by atoms with E-state index in [0.29, 0.717) is 13.2 Å². The van der Waals surface area contributed by atoms with Gasteiger partial charge in [-0.1, -0.05) is 113 Å². The summed E-state index contributed by atoms with van der Waals surface area (Å²) in [6, 6.07) is 34.2. The van der Waals surface area contributed by atoms with Gasteiger partial charge in [0.2, 0.25) is 34.7 Å². The third kappa shape index (κ3) is 16.4. The van der Waals surface area contributed by atoms with Gasteiger partial charge in [0.05, 0.1) is 50.1 Å². The molecule has 0 aromatic heterocycles. The number of nitrogens with zero attached hydrogens (tertiary/aromatic N) is 1. The number of aliphatic hydroxyl groups is 2. The number of nitro benzene ring substituents is 1. The predicted molar refractivity (Wildman–Crippen MR) is 319 cm³/mol. The van der Waals surface area contributed by atoms with Crippen LogP contribution in [0.4, 0.5) is 5.69 Å². The molecule has 10 rings (SSSR count). The largest absolute Gasteiger partial charge is 0.453 e. The number of hydrogen-bond acceptors (Lipinski definition) is 24. The van der Waals surface area contributed by atoms with Crippen LogP contribution >= 0.6 is 0 Å². The molecular formula is C64H93NO24. The summed E-state index contributed by atoms with van der Waals surface area (Å²) in [6.07, 6.45) is -9.07. The van der Waals surface area contributed by atoms with Gasteiger partial charge >= 0.3 is 5.97 Å². The zero-order valence-electron chi connectivity index (χ0n) is 50.5. The first-order chi connectivity index (χ1) is 41.0. The maximum Gasteiger partial charge on any atom is 0.338 e. The van der Waals surface area contributed by atoms with Gasteiger partial charge < -0.3 is 100 Å². The van der Waals surface area contributed by atoms with Crippen molar-refractivity contribution in [1.82, 2.24) is 0 Å². The second kappa shape index (κ2) is 32.0.